The van der Waals surface area contributed by atoms with Gasteiger partial charge in [0.25, 0.3) is 0 Å². The lowest BCUT2D eigenvalue weighted by atomic mass is 9.78. The van der Waals surface area contributed by atoms with Crippen molar-refractivity contribution in [3.63, 3.8) is 0 Å². The molecule has 0 aromatic carbocycles. The second-order valence-corrected chi connectivity index (χ2v) is 8.98. The molecule has 0 aliphatic carbocycles. The van der Waals surface area contributed by atoms with E-state index in [0.717, 1.165) is 4.90 Å². The maximum absolute atomic E-state index is 13.8. The molecule has 2 aliphatic heterocycles. The van der Waals surface area contributed by atoms with E-state index in [0.29, 0.717) is 13.2 Å². The van der Waals surface area contributed by atoms with Gasteiger partial charge in [-0.25, -0.2) is 8.42 Å². The number of carbonyl (C=O) groups is 1. The molecule has 0 aromatic heterocycles. The average molecular weight is 370 g/mol. The maximum atomic E-state index is 13.8. The standard InChI is InChI=1S/C14H23F2NO6S/c1-12(2)5-9(22-7-10-8-23-10)6-13(3,4)17(12)11(18)14(15,16)24(19,20)21/h9-10H,5-8H2,1-4H3,(H,19,20,21)/p-1. The van der Waals surface area contributed by atoms with Gasteiger partial charge < -0.3 is 18.9 Å². The van der Waals surface area contributed by atoms with Crippen molar-refractivity contribution in [1.82, 2.24) is 4.90 Å². The van der Waals surface area contributed by atoms with Gasteiger partial charge in [-0.3, -0.25) is 4.79 Å². The fourth-order valence-corrected chi connectivity index (χ4v) is 3.81. The summed E-state index contributed by atoms with van der Waals surface area (Å²) in [6, 6.07) is 0. The van der Waals surface area contributed by atoms with Gasteiger partial charge in [0.1, 0.15) is 6.10 Å². The Morgan fingerprint density at radius 1 is 1.29 bits per heavy atom. The molecular weight excluding hydrogens is 348 g/mol. The quantitative estimate of drug-likeness (QED) is 0.531. The van der Waals surface area contributed by atoms with Gasteiger partial charge in [-0.2, -0.15) is 8.78 Å². The first kappa shape index (κ1) is 19.5. The highest BCUT2D eigenvalue weighted by Gasteiger charge is 2.58. The van der Waals surface area contributed by atoms with Crippen molar-refractivity contribution in [2.45, 2.75) is 69.1 Å². The lowest BCUT2D eigenvalue weighted by Gasteiger charge is -2.55. The molecule has 10 heteroatoms. The summed E-state index contributed by atoms with van der Waals surface area (Å²) >= 11 is 0. The van der Waals surface area contributed by atoms with Crippen LogP contribution in [-0.2, 0) is 24.4 Å². The van der Waals surface area contributed by atoms with Crippen molar-refractivity contribution in [1.29, 1.82) is 0 Å². The molecule has 0 aromatic rings. The van der Waals surface area contributed by atoms with Gasteiger partial charge in [-0.1, -0.05) is 0 Å². The zero-order chi connectivity index (χ0) is 18.6. The Morgan fingerprint density at radius 2 is 1.75 bits per heavy atom. The maximum Gasteiger partial charge on any atom is 0.411 e. The minimum absolute atomic E-state index is 0.0471. The molecule has 0 saturated carbocycles. The number of piperidine rings is 1. The van der Waals surface area contributed by atoms with Gasteiger partial charge in [0.15, 0.2) is 10.1 Å². The number of epoxide rings is 1. The van der Waals surface area contributed by atoms with Crippen LogP contribution in [0.15, 0.2) is 0 Å². The van der Waals surface area contributed by atoms with Crippen molar-refractivity contribution in [2.24, 2.45) is 0 Å². The molecule has 7 nitrogen and oxygen atoms in total. The molecule has 0 spiro atoms. The van der Waals surface area contributed by atoms with E-state index in [1.165, 1.54) is 0 Å². The van der Waals surface area contributed by atoms with E-state index in [1.54, 1.807) is 27.7 Å². The number of hydrogen-bond acceptors (Lipinski definition) is 6. The summed E-state index contributed by atoms with van der Waals surface area (Å²) in [6.07, 6.45) is 0.236. The topological polar surface area (TPSA) is 99.3 Å². The van der Waals surface area contributed by atoms with Crippen LogP contribution in [0, 0.1) is 0 Å². The third-order valence-electron chi connectivity index (χ3n) is 4.35. The zero-order valence-electron chi connectivity index (χ0n) is 14.0. The fourth-order valence-electron chi connectivity index (χ4n) is 3.50. The first-order chi connectivity index (χ1) is 10.7. The predicted octanol–water partition coefficient (Wildman–Crippen LogP) is 1.09. The normalized spacial score (nSPS) is 27.1. The number of likely N-dealkylation sites (tertiary alicyclic amines) is 1. The summed E-state index contributed by atoms with van der Waals surface area (Å²) < 4.78 is 70.9. The number of amides is 1. The van der Waals surface area contributed by atoms with Crippen LogP contribution < -0.4 is 0 Å². The molecule has 2 rings (SSSR count). The van der Waals surface area contributed by atoms with Crippen molar-refractivity contribution < 1.29 is 36.0 Å². The summed E-state index contributed by atoms with van der Waals surface area (Å²) in [6.45, 7) is 7.19. The fraction of sp³-hybridized carbons (Fsp3) is 0.929. The molecule has 24 heavy (non-hydrogen) atoms. The van der Waals surface area contributed by atoms with Gasteiger partial charge in [0, 0.05) is 11.1 Å². The van der Waals surface area contributed by atoms with Gasteiger partial charge in [0.2, 0.25) is 0 Å². The molecule has 140 valence electrons. The highest BCUT2D eigenvalue weighted by atomic mass is 32.2. The van der Waals surface area contributed by atoms with E-state index in [9.17, 15) is 26.5 Å². The molecule has 0 N–H and O–H groups in total. The molecule has 0 bridgehead atoms. The lowest BCUT2D eigenvalue weighted by Crippen LogP contribution is -2.67. The highest BCUT2D eigenvalue weighted by Crippen LogP contribution is 2.42. The minimum Gasteiger partial charge on any atom is -0.743 e. The Hall–Kier alpha value is -0.840. The Kier molecular flexibility index (Phi) is 4.75. The number of alkyl halides is 2. The average Bonchev–Trinajstić information content (AvgIpc) is 3.15. The summed E-state index contributed by atoms with van der Waals surface area (Å²) in [5.74, 6) is -1.99. The Labute approximate surface area is 140 Å². The Bertz CT molecular complexity index is 597. The number of hydrogen-bond donors (Lipinski definition) is 0. The van der Waals surface area contributed by atoms with Crippen LogP contribution >= 0.6 is 0 Å². The molecule has 1 unspecified atom stereocenters. The van der Waals surface area contributed by atoms with Crippen LogP contribution in [0.4, 0.5) is 8.78 Å². The second-order valence-electron chi connectivity index (χ2n) is 7.56. The van der Waals surface area contributed by atoms with E-state index in [1.807, 2.05) is 0 Å². The van der Waals surface area contributed by atoms with Crippen LogP contribution in [0.2, 0.25) is 0 Å². The van der Waals surface area contributed by atoms with E-state index in [2.05, 4.69) is 0 Å². The predicted molar refractivity (Wildman–Crippen MR) is 78.4 cm³/mol. The highest BCUT2D eigenvalue weighted by molar-refractivity contribution is 7.87. The van der Waals surface area contributed by atoms with Gasteiger partial charge in [-0.15, -0.1) is 0 Å². The molecule has 2 fully saturated rings. The summed E-state index contributed by atoms with van der Waals surface area (Å²) in [4.78, 5) is 13.0. The van der Waals surface area contributed by atoms with Crippen LogP contribution in [0.3, 0.4) is 0 Å². The van der Waals surface area contributed by atoms with Crippen LogP contribution in [-0.4, -0.2) is 65.5 Å². The Balaban J connectivity index is 2.24. The molecular formula is C14H22F2NO6S-. The van der Waals surface area contributed by atoms with Crippen LogP contribution in [0.5, 0.6) is 0 Å². The lowest BCUT2D eigenvalue weighted by molar-refractivity contribution is -0.174. The monoisotopic (exact) mass is 370 g/mol. The van der Waals surface area contributed by atoms with Gasteiger partial charge >= 0.3 is 11.2 Å². The van der Waals surface area contributed by atoms with E-state index in [4.69, 9.17) is 9.47 Å². The number of ether oxygens (including phenoxy) is 2. The van der Waals surface area contributed by atoms with Crippen LogP contribution in [0.1, 0.15) is 40.5 Å². The van der Waals surface area contributed by atoms with E-state index >= 15 is 0 Å². The first-order valence-corrected chi connectivity index (χ1v) is 9.00. The zero-order valence-corrected chi connectivity index (χ0v) is 14.9. The molecule has 1 amide bonds. The van der Waals surface area contributed by atoms with Crippen LogP contribution in [0.25, 0.3) is 0 Å². The number of rotatable bonds is 5. The molecule has 2 heterocycles. The molecule has 0 radical (unpaired) electrons. The number of halogens is 2. The van der Waals surface area contributed by atoms with Gasteiger partial charge in [-0.05, 0) is 40.5 Å². The third-order valence-corrected chi connectivity index (χ3v) is 5.15. The minimum atomic E-state index is -6.10. The first-order valence-electron chi connectivity index (χ1n) is 7.60. The van der Waals surface area contributed by atoms with Crippen molar-refractivity contribution in [2.75, 3.05) is 13.2 Å². The SMILES string of the molecule is CC1(C)CC(OCC2CO2)CC(C)(C)N1C(=O)C(F)(F)S(=O)(=O)[O-]. The third kappa shape index (κ3) is 3.71. The summed E-state index contributed by atoms with van der Waals surface area (Å²) in [7, 11) is -6.10. The van der Waals surface area contributed by atoms with Crippen molar-refractivity contribution in [3.8, 4) is 0 Å². The van der Waals surface area contributed by atoms with E-state index in [-0.39, 0.29) is 25.0 Å². The Morgan fingerprint density at radius 3 is 2.12 bits per heavy atom. The molecule has 2 aliphatic rings. The second kappa shape index (κ2) is 5.86. The van der Waals surface area contributed by atoms with Crippen molar-refractivity contribution >= 4 is 16.0 Å². The smallest absolute Gasteiger partial charge is 0.411 e. The summed E-state index contributed by atoms with van der Waals surface area (Å²) in [5, 5.41) is -5.00. The van der Waals surface area contributed by atoms with Crippen molar-refractivity contribution in [3.05, 3.63) is 0 Å². The molecule has 1 atom stereocenters. The largest absolute Gasteiger partial charge is 0.743 e. The summed E-state index contributed by atoms with van der Waals surface area (Å²) in [5.41, 5.74) is -2.22. The molecule has 2 saturated heterocycles. The number of nitrogens with zero attached hydrogens (tertiary/aromatic N) is 1. The van der Waals surface area contributed by atoms with Gasteiger partial charge in [0.05, 0.1) is 19.3 Å². The number of carbonyl (C=O) groups excluding carboxylic acids is 1. The van der Waals surface area contributed by atoms with E-state index < -0.39 is 32.4 Å².